The van der Waals surface area contributed by atoms with Crippen molar-refractivity contribution >= 4 is 29.0 Å². The maximum absolute atomic E-state index is 12.6. The number of nitrogens with zero attached hydrogens (tertiary/aromatic N) is 3. The van der Waals surface area contributed by atoms with Crippen molar-refractivity contribution < 1.29 is 9.59 Å². The van der Waals surface area contributed by atoms with Gasteiger partial charge in [-0.25, -0.2) is 4.98 Å². The Morgan fingerprint density at radius 1 is 1.23 bits per heavy atom. The molecule has 5 nitrogen and oxygen atoms in total. The summed E-state index contributed by atoms with van der Waals surface area (Å²) in [4.78, 5) is 31.2. The maximum Gasteiger partial charge on any atom is 0.293 e. The third-order valence-electron chi connectivity index (χ3n) is 4.74. The predicted octanol–water partition coefficient (Wildman–Crippen LogP) is 4.63. The van der Waals surface area contributed by atoms with E-state index >= 15 is 0 Å². The summed E-state index contributed by atoms with van der Waals surface area (Å²) in [6.07, 6.45) is 4.41. The molecule has 0 saturated carbocycles. The summed E-state index contributed by atoms with van der Waals surface area (Å²) in [5, 5.41) is -0.190. The fourth-order valence-corrected chi connectivity index (χ4v) is 3.98. The number of thioether (sulfide) groups is 1. The molecule has 3 rings (SSSR count). The van der Waals surface area contributed by atoms with Gasteiger partial charge in [0.05, 0.1) is 4.91 Å². The Hall–Kier alpha value is -2.34. The van der Waals surface area contributed by atoms with Gasteiger partial charge in [0.2, 0.25) is 0 Å². The standard InChI is InChI=1S/C20H23N3O2S/c1-6-13(3)23-19(24)17(26-20(23)25)10-16-9-14(4)22(15(16)5)18-8-7-12(2)11-21-18/h7-11,13H,6H2,1-5H3/b17-10+. The van der Waals surface area contributed by atoms with E-state index in [1.54, 1.807) is 0 Å². The SMILES string of the molecule is CCC(C)N1C(=O)S/C(=C/c2cc(C)n(-c3ccc(C)cn3)c2C)C1=O. The highest BCUT2D eigenvalue weighted by molar-refractivity contribution is 8.18. The monoisotopic (exact) mass is 369 g/mol. The molecule has 0 aromatic carbocycles. The first-order valence-corrected chi connectivity index (χ1v) is 9.54. The Morgan fingerprint density at radius 3 is 2.58 bits per heavy atom. The van der Waals surface area contributed by atoms with E-state index in [0.29, 0.717) is 4.91 Å². The number of amides is 2. The molecule has 1 fully saturated rings. The molecule has 0 bridgehead atoms. The molecule has 2 aromatic rings. The Kier molecular flexibility index (Phi) is 5.05. The van der Waals surface area contributed by atoms with Gasteiger partial charge < -0.3 is 4.57 Å². The summed E-state index contributed by atoms with van der Waals surface area (Å²) in [6.45, 7) is 9.88. The molecule has 6 heteroatoms. The van der Waals surface area contributed by atoms with Crippen LogP contribution >= 0.6 is 11.8 Å². The summed E-state index contributed by atoms with van der Waals surface area (Å²) in [6, 6.07) is 5.94. The second-order valence-electron chi connectivity index (χ2n) is 6.66. The van der Waals surface area contributed by atoms with Gasteiger partial charge in [0.15, 0.2) is 0 Å². The van der Waals surface area contributed by atoms with E-state index < -0.39 is 0 Å². The Morgan fingerprint density at radius 2 is 1.96 bits per heavy atom. The van der Waals surface area contributed by atoms with Gasteiger partial charge in [0.25, 0.3) is 11.1 Å². The van der Waals surface area contributed by atoms with E-state index in [9.17, 15) is 9.59 Å². The average molecular weight is 369 g/mol. The van der Waals surface area contributed by atoms with Crippen LogP contribution in [0.2, 0.25) is 0 Å². The molecule has 1 atom stereocenters. The number of rotatable bonds is 4. The highest BCUT2D eigenvalue weighted by atomic mass is 32.2. The minimum atomic E-state index is -0.201. The number of pyridine rings is 1. The topological polar surface area (TPSA) is 55.2 Å². The highest BCUT2D eigenvalue weighted by Crippen LogP contribution is 2.35. The molecule has 0 spiro atoms. The van der Waals surface area contributed by atoms with Crippen molar-refractivity contribution in [1.29, 1.82) is 0 Å². The first kappa shape index (κ1) is 18.5. The van der Waals surface area contributed by atoms with E-state index in [1.807, 2.05) is 65.1 Å². The lowest BCUT2D eigenvalue weighted by molar-refractivity contribution is -0.124. The van der Waals surface area contributed by atoms with Crippen LogP contribution in [0.15, 0.2) is 29.3 Å². The molecule has 1 unspecified atom stereocenters. The maximum atomic E-state index is 12.6. The van der Waals surface area contributed by atoms with Crippen molar-refractivity contribution in [2.24, 2.45) is 0 Å². The van der Waals surface area contributed by atoms with E-state index in [4.69, 9.17) is 0 Å². The zero-order valence-electron chi connectivity index (χ0n) is 15.7. The molecule has 26 heavy (non-hydrogen) atoms. The third kappa shape index (κ3) is 3.21. The largest absolute Gasteiger partial charge is 0.303 e. The van der Waals surface area contributed by atoms with Crippen molar-refractivity contribution in [3.05, 3.63) is 51.8 Å². The quantitative estimate of drug-likeness (QED) is 0.737. The van der Waals surface area contributed by atoms with Gasteiger partial charge in [-0.05, 0) is 75.2 Å². The van der Waals surface area contributed by atoms with E-state index in [0.717, 1.165) is 46.5 Å². The summed E-state index contributed by atoms with van der Waals surface area (Å²) in [5.74, 6) is 0.644. The van der Waals surface area contributed by atoms with Crippen molar-refractivity contribution in [1.82, 2.24) is 14.5 Å². The number of carbonyl (C=O) groups excluding carboxylic acids is 2. The van der Waals surface area contributed by atoms with Crippen LogP contribution in [0.25, 0.3) is 11.9 Å². The fourth-order valence-electron chi connectivity index (χ4n) is 3.06. The second kappa shape index (κ2) is 7.11. The van der Waals surface area contributed by atoms with Crippen molar-refractivity contribution in [2.45, 2.75) is 47.1 Å². The van der Waals surface area contributed by atoms with Crippen LogP contribution in [0.1, 0.15) is 42.8 Å². The molecular formula is C20H23N3O2S. The lowest BCUT2D eigenvalue weighted by atomic mass is 10.2. The first-order chi connectivity index (χ1) is 12.3. The highest BCUT2D eigenvalue weighted by Gasteiger charge is 2.37. The molecule has 1 saturated heterocycles. The number of carbonyl (C=O) groups is 2. The smallest absolute Gasteiger partial charge is 0.293 e. The van der Waals surface area contributed by atoms with E-state index in [2.05, 4.69) is 9.55 Å². The number of aromatic nitrogens is 2. The van der Waals surface area contributed by atoms with Crippen molar-refractivity contribution in [3.8, 4) is 5.82 Å². The molecule has 0 radical (unpaired) electrons. The molecule has 0 N–H and O–H groups in total. The molecule has 2 aromatic heterocycles. The Labute approximate surface area is 158 Å². The summed E-state index contributed by atoms with van der Waals surface area (Å²) in [5.41, 5.74) is 4.06. The molecular weight excluding hydrogens is 346 g/mol. The van der Waals surface area contributed by atoms with Crippen LogP contribution in [0.3, 0.4) is 0 Å². The van der Waals surface area contributed by atoms with Crippen LogP contribution in [0.4, 0.5) is 4.79 Å². The number of hydrogen-bond donors (Lipinski definition) is 0. The third-order valence-corrected chi connectivity index (χ3v) is 5.62. The lowest BCUT2D eigenvalue weighted by Gasteiger charge is -2.19. The zero-order valence-corrected chi connectivity index (χ0v) is 16.6. The van der Waals surface area contributed by atoms with Crippen LogP contribution in [0, 0.1) is 20.8 Å². The van der Waals surface area contributed by atoms with Gasteiger partial charge in [-0.3, -0.25) is 14.5 Å². The van der Waals surface area contributed by atoms with Gasteiger partial charge in [-0.15, -0.1) is 0 Å². The lowest BCUT2D eigenvalue weighted by Crippen LogP contribution is -2.36. The molecule has 136 valence electrons. The summed E-state index contributed by atoms with van der Waals surface area (Å²) >= 11 is 1.02. The Balaban J connectivity index is 1.98. The van der Waals surface area contributed by atoms with E-state index in [1.165, 1.54) is 4.90 Å². The van der Waals surface area contributed by atoms with Crippen LogP contribution in [-0.4, -0.2) is 31.6 Å². The predicted molar refractivity (Wildman–Crippen MR) is 105 cm³/mol. The normalized spacial score (nSPS) is 17.4. The Bertz CT molecular complexity index is 897. The summed E-state index contributed by atoms with van der Waals surface area (Å²) < 4.78 is 2.06. The first-order valence-electron chi connectivity index (χ1n) is 8.72. The van der Waals surface area contributed by atoms with Crippen LogP contribution < -0.4 is 0 Å². The summed E-state index contributed by atoms with van der Waals surface area (Å²) in [7, 11) is 0. The van der Waals surface area contributed by atoms with Crippen molar-refractivity contribution in [2.75, 3.05) is 0 Å². The minimum Gasteiger partial charge on any atom is -0.303 e. The van der Waals surface area contributed by atoms with Gasteiger partial charge in [-0.2, -0.15) is 0 Å². The molecule has 1 aliphatic rings. The number of aryl methyl sites for hydroxylation is 2. The van der Waals surface area contributed by atoms with E-state index in [-0.39, 0.29) is 17.2 Å². The van der Waals surface area contributed by atoms with Gasteiger partial charge >= 0.3 is 0 Å². The molecule has 3 heterocycles. The average Bonchev–Trinajstić information content (AvgIpc) is 3.04. The minimum absolute atomic E-state index is 0.0856. The van der Waals surface area contributed by atoms with Crippen LogP contribution in [-0.2, 0) is 4.79 Å². The van der Waals surface area contributed by atoms with Gasteiger partial charge in [0.1, 0.15) is 5.82 Å². The molecule has 0 aliphatic carbocycles. The van der Waals surface area contributed by atoms with Gasteiger partial charge in [0, 0.05) is 23.6 Å². The molecule has 1 aliphatic heterocycles. The van der Waals surface area contributed by atoms with Gasteiger partial charge in [-0.1, -0.05) is 13.0 Å². The molecule has 2 amide bonds. The fraction of sp³-hybridized carbons (Fsp3) is 0.350. The van der Waals surface area contributed by atoms with Crippen molar-refractivity contribution in [3.63, 3.8) is 0 Å². The second-order valence-corrected chi connectivity index (χ2v) is 7.66. The van der Waals surface area contributed by atoms with Crippen LogP contribution in [0.5, 0.6) is 0 Å². The number of hydrogen-bond acceptors (Lipinski definition) is 4. The number of imide groups is 1. The zero-order chi connectivity index (χ0) is 19.0.